The van der Waals surface area contributed by atoms with Crippen LogP contribution in [0.2, 0.25) is 0 Å². The third-order valence-electron chi connectivity index (χ3n) is 0.740. The first-order chi connectivity index (χ1) is 2.80. The van der Waals surface area contributed by atoms with Gasteiger partial charge in [0, 0.05) is 6.54 Å². The van der Waals surface area contributed by atoms with Gasteiger partial charge in [-0.15, -0.1) is 0 Å². The molecule has 1 rings (SSSR count). The van der Waals surface area contributed by atoms with Gasteiger partial charge in [-0.05, 0) is 0 Å². The maximum absolute atomic E-state index is 10.1. The first kappa shape index (κ1) is 4.12. The van der Waals surface area contributed by atoms with Crippen LogP contribution in [-0.2, 0) is 4.79 Å². The number of halogens is 1. The largest absolute Gasteiger partial charge is 0.353 e. The van der Waals surface area contributed by atoms with Gasteiger partial charge in [-0.25, -0.2) is 0 Å². The summed E-state index contributed by atoms with van der Waals surface area (Å²) in [7, 11) is 0. The highest BCUT2D eigenvalue weighted by Crippen LogP contribution is 2.04. The average Bonchev–Trinajstić information content (AvgIpc) is 1.61. The van der Waals surface area contributed by atoms with Crippen molar-refractivity contribution in [1.82, 2.24) is 5.32 Å². The Morgan fingerprint density at radius 1 is 2.00 bits per heavy atom. The lowest BCUT2D eigenvalue weighted by Crippen LogP contribution is -2.49. The second-order valence-corrected chi connectivity index (χ2v) is 2.32. The van der Waals surface area contributed by atoms with Crippen LogP contribution >= 0.6 is 15.9 Å². The highest BCUT2D eigenvalue weighted by Gasteiger charge is 2.23. The minimum atomic E-state index is 0.0949. The Kier molecular flexibility index (Phi) is 0.839. The van der Waals surface area contributed by atoms with Gasteiger partial charge in [0.25, 0.3) is 0 Å². The van der Waals surface area contributed by atoms with Crippen LogP contribution in [0.5, 0.6) is 0 Å². The number of alkyl halides is 1. The molecule has 34 valence electrons. The lowest BCUT2D eigenvalue weighted by molar-refractivity contribution is -0.124. The number of hydrogen-bond acceptors (Lipinski definition) is 1. The van der Waals surface area contributed by atoms with E-state index in [-0.39, 0.29) is 10.7 Å². The molecule has 1 amide bonds. The van der Waals surface area contributed by atoms with E-state index in [0.717, 1.165) is 6.54 Å². The van der Waals surface area contributed by atoms with Crippen LogP contribution in [0.3, 0.4) is 0 Å². The maximum atomic E-state index is 10.1. The van der Waals surface area contributed by atoms with Crippen LogP contribution in [0, 0.1) is 0 Å². The van der Waals surface area contributed by atoms with Gasteiger partial charge in [0.05, 0.1) is 0 Å². The quantitative estimate of drug-likeness (QED) is 0.378. The summed E-state index contributed by atoms with van der Waals surface area (Å²) >= 11 is 3.11. The molecule has 1 saturated heterocycles. The van der Waals surface area contributed by atoms with E-state index < -0.39 is 0 Å². The molecule has 1 atom stereocenters. The van der Waals surface area contributed by atoms with E-state index in [9.17, 15) is 4.79 Å². The number of carbonyl (C=O) groups excluding carboxylic acids is 1. The predicted molar refractivity (Wildman–Crippen MR) is 25.7 cm³/mol. The van der Waals surface area contributed by atoms with Crippen molar-refractivity contribution in [3.05, 3.63) is 0 Å². The van der Waals surface area contributed by atoms with Crippen molar-refractivity contribution >= 4 is 21.8 Å². The summed E-state index contributed by atoms with van der Waals surface area (Å²) in [6.45, 7) is 0.791. The van der Waals surface area contributed by atoms with Crippen LogP contribution in [0.1, 0.15) is 0 Å². The number of rotatable bonds is 0. The molecule has 1 aliphatic rings. The number of amides is 1. The molecule has 0 bridgehead atoms. The molecule has 1 aliphatic heterocycles. The van der Waals surface area contributed by atoms with E-state index in [0.29, 0.717) is 0 Å². The smallest absolute Gasteiger partial charge is 0.235 e. The molecule has 1 unspecified atom stereocenters. The average molecular weight is 150 g/mol. The SMILES string of the molecule is O=C1NCC1Br. The fourth-order valence-corrected chi connectivity index (χ4v) is 0.586. The van der Waals surface area contributed by atoms with Gasteiger partial charge in [0.2, 0.25) is 5.91 Å². The van der Waals surface area contributed by atoms with Gasteiger partial charge in [-0.1, -0.05) is 15.9 Å². The summed E-state index contributed by atoms with van der Waals surface area (Å²) in [5, 5.41) is 2.57. The van der Waals surface area contributed by atoms with Gasteiger partial charge >= 0.3 is 0 Å². The highest BCUT2D eigenvalue weighted by atomic mass is 79.9. The maximum Gasteiger partial charge on any atom is 0.235 e. The minimum absolute atomic E-state index is 0.0949. The molecular formula is C3H4BrNO. The topological polar surface area (TPSA) is 29.1 Å². The third-order valence-corrected chi connectivity index (χ3v) is 1.48. The summed E-state index contributed by atoms with van der Waals surface area (Å²) in [5.41, 5.74) is 0. The van der Waals surface area contributed by atoms with Crippen LogP contribution in [0.4, 0.5) is 0 Å². The molecule has 1 fully saturated rings. The molecule has 1 heterocycles. The van der Waals surface area contributed by atoms with E-state index in [2.05, 4.69) is 21.2 Å². The lowest BCUT2D eigenvalue weighted by Gasteiger charge is -2.18. The number of β-lactam (4-membered cyclic amide) rings is 1. The van der Waals surface area contributed by atoms with E-state index in [4.69, 9.17) is 0 Å². The molecule has 2 nitrogen and oxygen atoms in total. The molecule has 1 N–H and O–H groups in total. The number of carbonyl (C=O) groups is 1. The fourth-order valence-electron chi connectivity index (χ4n) is 0.263. The molecule has 0 saturated carbocycles. The van der Waals surface area contributed by atoms with Gasteiger partial charge in [0.1, 0.15) is 4.83 Å². The Balaban J connectivity index is 2.39. The Hall–Kier alpha value is -0.0500. The van der Waals surface area contributed by atoms with Gasteiger partial charge in [-0.3, -0.25) is 4.79 Å². The molecule has 3 heteroatoms. The van der Waals surface area contributed by atoms with Crippen molar-refractivity contribution in [2.45, 2.75) is 4.83 Å². The summed E-state index contributed by atoms with van der Waals surface area (Å²) in [6.07, 6.45) is 0. The monoisotopic (exact) mass is 149 g/mol. The zero-order valence-corrected chi connectivity index (χ0v) is 4.66. The Bertz CT molecular complexity index is 82.9. The second kappa shape index (κ2) is 1.22. The first-order valence-electron chi connectivity index (χ1n) is 1.72. The van der Waals surface area contributed by atoms with E-state index in [1.165, 1.54) is 0 Å². The van der Waals surface area contributed by atoms with Crippen LogP contribution < -0.4 is 5.32 Å². The van der Waals surface area contributed by atoms with Gasteiger partial charge < -0.3 is 5.32 Å². The standard InChI is InChI=1S/C3H4BrNO/c4-2-1-5-3(2)6/h2H,1H2,(H,5,6). The molecule has 0 aromatic heterocycles. The lowest BCUT2D eigenvalue weighted by atomic mass is 10.3. The zero-order chi connectivity index (χ0) is 4.57. The summed E-state index contributed by atoms with van der Waals surface area (Å²) in [5.74, 6) is 0.106. The molecule has 0 aliphatic carbocycles. The van der Waals surface area contributed by atoms with Crippen LogP contribution in [0.25, 0.3) is 0 Å². The van der Waals surface area contributed by atoms with Crippen molar-refractivity contribution in [2.75, 3.05) is 6.54 Å². The highest BCUT2D eigenvalue weighted by molar-refractivity contribution is 9.10. The Labute approximate surface area is 44.0 Å². The first-order valence-corrected chi connectivity index (χ1v) is 2.64. The molecule has 0 radical (unpaired) electrons. The molecular weight excluding hydrogens is 146 g/mol. The van der Waals surface area contributed by atoms with Crippen molar-refractivity contribution in [2.24, 2.45) is 0 Å². The van der Waals surface area contributed by atoms with Crippen LogP contribution in [0.15, 0.2) is 0 Å². The molecule has 0 aromatic carbocycles. The van der Waals surface area contributed by atoms with Crippen molar-refractivity contribution in [3.8, 4) is 0 Å². The van der Waals surface area contributed by atoms with E-state index in [1.54, 1.807) is 0 Å². The Morgan fingerprint density at radius 3 is 2.50 bits per heavy atom. The molecule has 0 spiro atoms. The predicted octanol–water partition coefficient (Wildman–Crippen LogP) is -0.120. The van der Waals surface area contributed by atoms with Crippen molar-refractivity contribution in [1.29, 1.82) is 0 Å². The number of nitrogens with one attached hydrogen (secondary N) is 1. The van der Waals surface area contributed by atoms with E-state index in [1.807, 2.05) is 0 Å². The molecule has 0 aromatic rings. The van der Waals surface area contributed by atoms with Gasteiger partial charge in [-0.2, -0.15) is 0 Å². The summed E-state index contributed by atoms with van der Waals surface area (Å²) in [4.78, 5) is 10.2. The van der Waals surface area contributed by atoms with Crippen molar-refractivity contribution in [3.63, 3.8) is 0 Å². The number of hydrogen-bond donors (Lipinski definition) is 1. The fraction of sp³-hybridized carbons (Fsp3) is 0.667. The summed E-state index contributed by atoms with van der Waals surface area (Å²) in [6, 6.07) is 0. The molecule has 6 heavy (non-hydrogen) atoms. The van der Waals surface area contributed by atoms with Crippen LogP contribution in [-0.4, -0.2) is 17.3 Å². The summed E-state index contributed by atoms with van der Waals surface area (Å²) < 4.78 is 0. The minimum Gasteiger partial charge on any atom is -0.353 e. The second-order valence-electron chi connectivity index (χ2n) is 1.21. The van der Waals surface area contributed by atoms with Crippen molar-refractivity contribution < 1.29 is 4.79 Å². The van der Waals surface area contributed by atoms with E-state index >= 15 is 0 Å². The zero-order valence-electron chi connectivity index (χ0n) is 3.07. The Morgan fingerprint density at radius 2 is 2.50 bits per heavy atom. The van der Waals surface area contributed by atoms with Gasteiger partial charge in [0.15, 0.2) is 0 Å². The third kappa shape index (κ3) is 0.429. The normalized spacial score (nSPS) is 31.5.